The third-order valence-electron chi connectivity index (χ3n) is 3.68. The summed E-state index contributed by atoms with van der Waals surface area (Å²) in [6.45, 7) is 3.57. The third-order valence-corrected chi connectivity index (χ3v) is 4.91. The molecule has 2 aliphatic rings. The topological polar surface area (TPSA) is 40.5 Å². The van der Waals surface area contributed by atoms with Gasteiger partial charge in [-0.1, -0.05) is 0 Å². The Labute approximate surface area is 102 Å². The zero-order valence-corrected chi connectivity index (χ0v) is 10.5. The van der Waals surface area contributed by atoms with Gasteiger partial charge in [-0.2, -0.15) is 11.8 Å². The van der Waals surface area contributed by atoms with Crippen LogP contribution in [0.5, 0.6) is 0 Å². The van der Waals surface area contributed by atoms with Crippen molar-refractivity contribution >= 4 is 17.7 Å². The molecule has 2 fully saturated rings. The quantitative estimate of drug-likeness (QED) is 0.801. The van der Waals surface area contributed by atoms with Gasteiger partial charge in [0.1, 0.15) is 0 Å². The van der Waals surface area contributed by atoms with Gasteiger partial charge in [-0.15, -0.1) is 0 Å². The van der Waals surface area contributed by atoms with Crippen LogP contribution in [0.15, 0.2) is 0 Å². The zero-order chi connectivity index (χ0) is 11.4. The van der Waals surface area contributed by atoms with E-state index in [1.807, 2.05) is 0 Å². The van der Waals surface area contributed by atoms with Gasteiger partial charge >= 0.3 is 5.97 Å². The highest BCUT2D eigenvalue weighted by atomic mass is 32.2. The maximum absolute atomic E-state index is 10.5. The molecule has 3 nitrogen and oxygen atoms in total. The molecule has 16 heavy (non-hydrogen) atoms. The fraction of sp³-hybridized carbons (Fsp3) is 0.917. The Morgan fingerprint density at radius 1 is 1.38 bits per heavy atom. The first kappa shape index (κ1) is 12.2. The van der Waals surface area contributed by atoms with Crippen LogP contribution in [0.2, 0.25) is 0 Å². The predicted molar refractivity (Wildman–Crippen MR) is 66.8 cm³/mol. The van der Waals surface area contributed by atoms with Crippen molar-refractivity contribution in [1.82, 2.24) is 4.90 Å². The maximum Gasteiger partial charge on any atom is 0.303 e. The average molecular weight is 243 g/mol. The minimum atomic E-state index is -0.648. The number of carbonyl (C=O) groups is 1. The van der Waals surface area contributed by atoms with Crippen molar-refractivity contribution in [3.05, 3.63) is 0 Å². The molecule has 0 aromatic rings. The molecule has 92 valence electrons. The van der Waals surface area contributed by atoms with Crippen molar-refractivity contribution in [1.29, 1.82) is 0 Å². The number of hydrogen-bond acceptors (Lipinski definition) is 3. The molecular formula is C12H21NO2S. The van der Waals surface area contributed by atoms with E-state index in [0.717, 1.165) is 18.9 Å². The normalized spacial score (nSPS) is 31.0. The summed E-state index contributed by atoms with van der Waals surface area (Å²) < 4.78 is 0. The van der Waals surface area contributed by atoms with E-state index in [9.17, 15) is 4.79 Å². The molecule has 0 spiro atoms. The summed E-state index contributed by atoms with van der Waals surface area (Å²) in [5.74, 6) is 3.54. The molecule has 0 aliphatic carbocycles. The largest absolute Gasteiger partial charge is 0.481 e. The molecule has 0 radical (unpaired) electrons. The maximum atomic E-state index is 10.5. The Kier molecular flexibility index (Phi) is 4.53. The Morgan fingerprint density at radius 3 is 2.94 bits per heavy atom. The molecule has 2 rings (SSSR count). The van der Waals surface area contributed by atoms with E-state index in [1.54, 1.807) is 0 Å². The van der Waals surface area contributed by atoms with E-state index in [1.165, 1.54) is 37.4 Å². The van der Waals surface area contributed by atoms with E-state index < -0.39 is 5.97 Å². The molecule has 1 N–H and O–H groups in total. The number of thioether (sulfide) groups is 1. The molecule has 2 aliphatic heterocycles. The molecule has 0 aromatic heterocycles. The molecule has 4 heteroatoms. The van der Waals surface area contributed by atoms with Gasteiger partial charge in [0, 0.05) is 19.5 Å². The number of hydrogen-bond donors (Lipinski definition) is 1. The standard InChI is InChI=1S/C12H21NO2S/c14-12(15)2-1-10-3-5-13(7-10)8-11-4-6-16-9-11/h10-11H,1-9H2,(H,14,15). The number of carboxylic acids is 1. The molecule has 2 atom stereocenters. The van der Waals surface area contributed by atoms with E-state index in [-0.39, 0.29) is 0 Å². The van der Waals surface area contributed by atoms with Crippen LogP contribution in [0.3, 0.4) is 0 Å². The SMILES string of the molecule is O=C(O)CCC1CCN(CC2CCSC2)C1. The van der Waals surface area contributed by atoms with Crippen LogP contribution in [0, 0.1) is 11.8 Å². The molecule has 2 heterocycles. The fourth-order valence-corrected chi connectivity index (χ4v) is 4.01. The van der Waals surface area contributed by atoms with Crippen LogP contribution < -0.4 is 0 Å². The van der Waals surface area contributed by atoms with Crippen molar-refractivity contribution in [3.8, 4) is 0 Å². The Hall–Kier alpha value is -0.220. The Balaban J connectivity index is 1.64. The monoisotopic (exact) mass is 243 g/mol. The van der Waals surface area contributed by atoms with E-state index in [0.29, 0.717) is 12.3 Å². The van der Waals surface area contributed by atoms with Crippen molar-refractivity contribution < 1.29 is 9.90 Å². The van der Waals surface area contributed by atoms with Gasteiger partial charge in [0.15, 0.2) is 0 Å². The highest BCUT2D eigenvalue weighted by Crippen LogP contribution is 2.27. The third kappa shape index (κ3) is 3.67. The minimum Gasteiger partial charge on any atom is -0.481 e. The zero-order valence-electron chi connectivity index (χ0n) is 9.73. The molecular weight excluding hydrogens is 222 g/mol. The van der Waals surface area contributed by atoms with Gasteiger partial charge in [-0.05, 0) is 49.1 Å². The second-order valence-electron chi connectivity index (χ2n) is 5.08. The van der Waals surface area contributed by atoms with Gasteiger partial charge < -0.3 is 10.0 Å². The predicted octanol–water partition coefficient (Wildman–Crippen LogP) is 1.93. The van der Waals surface area contributed by atoms with Gasteiger partial charge in [0.05, 0.1) is 0 Å². The van der Waals surface area contributed by atoms with Crippen LogP contribution >= 0.6 is 11.8 Å². The number of nitrogens with zero attached hydrogens (tertiary/aromatic N) is 1. The fourth-order valence-electron chi connectivity index (χ4n) is 2.73. The lowest BCUT2D eigenvalue weighted by Gasteiger charge is -2.19. The van der Waals surface area contributed by atoms with Crippen LogP contribution in [-0.4, -0.2) is 47.1 Å². The van der Waals surface area contributed by atoms with Crippen molar-refractivity contribution in [2.75, 3.05) is 31.1 Å². The summed E-state index contributed by atoms with van der Waals surface area (Å²) in [6, 6.07) is 0. The summed E-state index contributed by atoms with van der Waals surface area (Å²) >= 11 is 2.08. The Morgan fingerprint density at radius 2 is 2.25 bits per heavy atom. The minimum absolute atomic E-state index is 0.345. The smallest absolute Gasteiger partial charge is 0.303 e. The summed E-state index contributed by atoms with van der Waals surface area (Å²) in [7, 11) is 0. The van der Waals surface area contributed by atoms with E-state index in [2.05, 4.69) is 16.7 Å². The molecule has 0 bridgehead atoms. The van der Waals surface area contributed by atoms with Crippen LogP contribution in [0.4, 0.5) is 0 Å². The number of aliphatic carboxylic acids is 1. The molecule has 0 amide bonds. The van der Waals surface area contributed by atoms with Gasteiger partial charge in [-0.3, -0.25) is 4.79 Å². The van der Waals surface area contributed by atoms with Crippen molar-refractivity contribution in [3.63, 3.8) is 0 Å². The van der Waals surface area contributed by atoms with E-state index in [4.69, 9.17) is 5.11 Å². The summed E-state index contributed by atoms with van der Waals surface area (Å²) in [5.41, 5.74) is 0. The molecule has 0 saturated carbocycles. The first-order valence-electron chi connectivity index (χ1n) is 6.26. The van der Waals surface area contributed by atoms with E-state index >= 15 is 0 Å². The lowest BCUT2D eigenvalue weighted by Crippen LogP contribution is -2.27. The highest BCUT2D eigenvalue weighted by molar-refractivity contribution is 7.99. The summed E-state index contributed by atoms with van der Waals surface area (Å²) in [5, 5.41) is 8.65. The molecule has 2 unspecified atom stereocenters. The number of rotatable bonds is 5. The Bertz CT molecular complexity index is 241. The first-order chi connectivity index (χ1) is 7.74. The average Bonchev–Trinajstić information content (AvgIpc) is 2.87. The molecule has 2 saturated heterocycles. The summed E-state index contributed by atoms with van der Waals surface area (Å²) in [6.07, 6.45) is 3.79. The summed E-state index contributed by atoms with van der Waals surface area (Å²) in [4.78, 5) is 13.0. The van der Waals surface area contributed by atoms with Gasteiger partial charge in [0.2, 0.25) is 0 Å². The first-order valence-corrected chi connectivity index (χ1v) is 7.41. The molecule has 0 aromatic carbocycles. The van der Waals surface area contributed by atoms with Crippen LogP contribution in [0.1, 0.15) is 25.7 Å². The highest BCUT2D eigenvalue weighted by Gasteiger charge is 2.26. The number of carboxylic acid groups (broad SMARTS) is 1. The van der Waals surface area contributed by atoms with Crippen LogP contribution in [0.25, 0.3) is 0 Å². The van der Waals surface area contributed by atoms with Crippen LogP contribution in [-0.2, 0) is 4.79 Å². The lowest BCUT2D eigenvalue weighted by atomic mass is 10.0. The van der Waals surface area contributed by atoms with Crippen molar-refractivity contribution in [2.45, 2.75) is 25.7 Å². The lowest BCUT2D eigenvalue weighted by molar-refractivity contribution is -0.137. The number of likely N-dealkylation sites (tertiary alicyclic amines) is 1. The second kappa shape index (κ2) is 5.92. The second-order valence-corrected chi connectivity index (χ2v) is 6.23. The van der Waals surface area contributed by atoms with Crippen molar-refractivity contribution in [2.24, 2.45) is 11.8 Å². The van der Waals surface area contributed by atoms with Gasteiger partial charge in [0.25, 0.3) is 0 Å². The van der Waals surface area contributed by atoms with Gasteiger partial charge in [-0.25, -0.2) is 0 Å².